The summed E-state index contributed by atoms with van der Waals surface area (Å²) in [6.07, 6.45) is 5.03. The Morgan fingerprint density at radius 2 is 2.10 bits per heavy atom. The average molecular weight is 428 g/mol. The van der Waals surface area contributed by atoms with Crippen LogP contribution >= 0.6 is 11.3 Å². The zero-order valence-electron chi connectivity index (χ0n) is 16.8. The molecule has 0 saturated carbocycles. The standard InChI is InChI=1S/C19H22N8O2S/c1-10(2)13-11(8-20)17(22)24-19-14(13)15(21)16(30-19)18(28)23-12-9-27(25-29-12)26-6-4-3-5-7-26/h9-10H,3-7H2,1-2H3,(H4-,21,22,23,24,25,28)/p+1. The molecule has 10 nitrogen and oxygen atoms in total. The van der Waals surface area contributed by atoms with Gasteiger partial charge in [-0.3, -0.25) is 14.6 Å². The highest BCUT2D eigenvalue weighted by Crippen LogP contribution is 2.40. The first-order chi connectivity index (χ1) is 14.4. The number of rotatable bonds is 4. The molecule has 4 heterocycles. The van der Waals surface area contributed by atoms with Gasteiger partial charge in [-0.1, -0.05) is 13.8 Å². The molecule has 1 amide bonds. The predicted molar refractivity (Wildman–Crippen MR) is 114 cm³/mol. The Labute approximate surface area is 177 Å². The van der Waals surface area contributed by atoms with Gasteiger partial charge in [0.05, 0.1) is 29.1 Å². The Balaban J connectivity index is 1.66. The summed E-state index contributed by atoms with van der Waals surface area (Å²) in [6.45, 7) is 5.67. The van der Waals surface area contributed by atoms with E-state index in [9.17, 15) is 10.1 Å². The van der Waals surface area contributed by atoms with Crippen LogP contribution in [0.25, 0.3) is 10.2 Å². The number of aromatic nitrogens is 3. The van der Waals surface area contributed by atoms with Crippen molar-refractivity contribution in [1.29, 1.82) is 5.26 Å². The van der Waals surface area contributed by atoms with Crippen molar-refractivity contribution < 1.29 is 14.1 Å². The molecule has 11 heteroatoms. The maximum absolute atomic E-state index is 12.9. The number of nitrogen functional groups attached to an aromatic ring is 2. The number of hydrogen-bond acceptors (Lipinski definition) is 9. The highest BCUT2D eigenvalue weighted by molar-refractivity contribution is 7.21. The Kier molecular flexibility index (Phi) is 5.17. The van der Waals surface area contributed by atoms with Crippen LogP contribution in [-0.4, -0.2) is 29.3 Å². The van der Waals surface area contributed by atoms with Crippen LogP contribution in [0.5, 0.6) is 0 Å². The van der Waals surface area contributed by atoms with E-state index in [2.05, 4.69) is 26.7 Å². The zero-order valence-corrected chi connectivity index (χ0v) is 17.6. The number of amides is 1. The van der Waals surface area contributed by atoms with E-state index in [1.54, 1.807) is 11.0 Å². The van der Waals surface area contributed by atoms with E-state index < -0.39 is 5.91 Å². The third-order valence-corrected chi connectivity index (χ3v) is 6.25. The van der Waals surface area contributed by atoms with Crippen LogP contribution in [0.2, 0.25) is 0 Å². The molecule has 0 atom stereocenters. The number of nitrogens with one attached hydrogen (secondary N) is 1. The Morgan fingerprint density at radius 3 is 2.77 bits per heavy atom. The fraction of sp³-hybridized carbons (Fsp3) is 0.421. The molecule has 5 N–H and O–H groups in total. The molecule has 0 bridgehead atoms. The number of hydrogen-bond donors (Lipinski definition) is 3. The molecule has 0 unspecified atom stereocenters. The van der Waals surface area contributed by atoms with Crippen molar-refractivity contribution in [2.75, 3.05) is 34.9 Å². The fourth-order valence-corrected chi connectivity index (χ4v) is 4.75. The minimum atomic E-state index is -0.427. The molecule has 1 fully saturated rings. The molecule has 0 aliphatic carbocycles. The molecule has 0 spiro atoms. The maximum atomic E-state index is 12.9. The number of nitrogens with zero attached hydrogens (tertiary/aromatic N) is 5. The zero-order chi connectivity index (χ0) is 21.4. The molecule has 3 aromatic rings. The average Bonchev–Trinajstić information content (AvgIpc) is 3.32. The molecule has 156 valence electrons. The predicted octanol–water partition coefficient (Wildman–Crippen LogP) is 2.11. The lowest BCUT2D eigenvalue weighted by molar-refractivity contribution is -0.759. The number of pyridine rings is 1. The summed E-state index contributed by atoms with van der Waals surface area (Å²) in [5, 5.41) is 18.9. The van der Waals surface area contributed by atoms with E-state index in [1.807, 2.05) is 13.8 Å². The van der Waals surface area contributed by atoms with Gasteiger partial charge >= 0.3 is 5.88 Å². The highest BCUT2D eigenvalue weighted by atomic mass is 32.1. The lowest BCUT2D eigenvalue weighted by Gasteiger charge is -2.17. The highest BCUT2D eigenvalue weighted by Gasteiger charge is 2.27. The van der Waals surface area contributed by atoms with Gasteiger partial charge in [0, 0.05) is 5.39 Å². The summed E-state index contributed by atoms with van der Waals surface area (Å²) in [4.78, 5) is 19.6. The second kappa shape index (κ2) is 7.79. The Bertz CT molecular complexity index is 1150. The molecule has 1 saturated heterocycles. The smallest absolute Gasteiger partial charge is 0.306 e. The van der Waals surface area contributed by atoms with Crippen LogP contribution in [-0.2, 0) is 0 Å². The molecular formula is C19H23N8O2S+. The summed E-state index contributed by atoms with van der Waals surface area (Å²) in [5.74, 6) is -0.0846. The molecule has 4 rings (SSSR count). The third kappa shape index (κ3) is 3.39. The summed E-state index contributed by atoms with van der Waals surface area (Å²) < 4.78 is 5.27. The number of carbonyl (C=O) groups excluding carboxylic acids is 1. The van der Waals surface area contributed by atoms with Crippen molar-refractivity contribution in [3.8, 4) is 6.07 Å². The second-order valence-corrected chi connectivity index (χ2v) is 8.53. The number of fused-ring (bicyclic) bond motifs is 1. The van der Waals surface area contributed by atoms with Crippen LogP contribution in [0.15, 0.2) is 10.7 Å². The first kappa shape index (κ1) is 19.9. The maximum Gasteiger partial charge on any atom is 0.306 e. The molecule has 0 radical (unpaired) electrons. The number of carbonyl (C=O) groups is 1. The normalized spacial score (nSPS) is 14.3. The van der Waals surface area contributed by atoms with Crippen molar-refractivity contribution >= 4 is 44.9 Å². The van der Waals surface area contributed by atoms with Gasteiger partial charge in [-0.05, 0) is 30.7 Å². The van der Waals surface area contributed by atoms with E-state index in [4.69, 9.17) is 16.0 Å². The van der Waals surface area contributed by atoms with Crippen LogP contribution in [0.1, 0.15) is 59.8 Å². The SMILES string of the molecule is CC(C)c1c(C#N)c(N)nc2sc(C(=O)Nc3c[n+](N4CCCCC4)no3)c(N)c12. The molecule has 30 heavy (non-hydrogen) atoms. The van der Waals surface area contributed by atoms with Gasteiger partial charge in [-0.25, -0.2) is 4.98 Å². The third-order valence-electron chi connectivity index (χ3n) is 5.15. The lowest BCUT2D eigenvalue weighted by Crippen LogP contribution is -2.60. The molecule has 1 aliphatic rings. The second-order valence-electron chi connectivity index (χ2n) is 7.53. The number of nitrogens with two attached hydrogens (primary N) is 2. The number of nitriles is 1. The number of anilines is 3. The molecule has 1 aliphatic heterocycles. The largest absolute Gasteiger partial charge is 0.397 e. The fourth-order valence-electron chi connectivity index (χ4n) is 3.74. The number of thiophene rings is 1. The topological polar surface area (TPSA) is 151 Å². The first-order valence-electron chi connectivity index (χ1n) is 9.77. The lowest BCUT2D eigenvalue weighted by atomic mass is 9.95. The van der Waals surface area contributed by atoms with Crippen molar-refractivity contribution in [2.24, 2.45) is 0 Å². The Morgan fingerprint density at radius 1 is 1.37 bits per heavy atom. The quantitative estimate of drug-likeness (QED) is 0.536. The summed E-state index contributed by atoms with van der Waals surface area (Å²) in [5.41, 5.74) is 13.6. The minimum absolute atomic E-state index is 0.0157. The summed E-state index contributed by atoms with van der Waals surface area (Å²) >= 11 is 1.13. The Hall–Kier alpha value is -3.39. The van der Waals surface area contributed by atoms with Crippen LogP contribution in [0, 0.1) is 11.3 Å². The van der Waals surface area contributed by atoms with Crippen LogP contribution in [0.3, 0.4) is 0 Å². The van der Waals surface area contributed by atoms with Crippen LogP contribution < -0.4 is 26.6 Å². The molecule has 3 aromatic heterocycles. The summed E-state index contributed by atoms with van der Waals surface area (Å²) in [6, 6.07) is 2.11. The van der Waals surface area contributed by atoms with E-state index in [1.165, 1.54) is 6.42 Å². The minimum Gasteiger partial charge on any atom is -0.397 e. The molecular weight excluding hydrogens is 404 g/mol. The van der Waals surface area contributed by atoms with Crippen molar-refractivity contribution in [1.82, 2.24) is 10.3 Å². The van der Waals surface area contributed by atoms with Gasteiger partial charge in [0.25, 0.3) is 12.1 Å². The van der Waals surface area contributed by atoms with E-state index in [0.29, 0.717) is 21.3 Å². The van der Waals surface area contributed by atoms with Crippen molar-refractivity contribution in [3.05, 3.63) is 22.2 Å². The number of piperidine rings is 1. The van der Waals surface area contributed by atoms with E-state index >= 15 is 0 Å². The van der Waals surface area contributed by atoms with E-state index in [-0.39, 0.29) is 28.2 Å². The van der Waals surface area contributed by atoms with E-state index in [0.717, 1.165) is 37.3 Å². The van der Waals surface area contributed by atoms with Gasteiger partial charge in [-0.15, -0.1) is 11.3 Å². The van der Waals surface area contributed by atoms with Crippen LogP contribution in [0.4, 0.5) is 17.4 Å². The monoisotopic (exact) mass is 427 g/mol. The van der Waals surface area contributed by atoms with Gasteiger partial charge in [-0.2, -0.15) is 10.3 Å². The molecule has 0 aromatic carbocycles. The summed E-state index contributed by atoms with van der Waals surface area (Å²) in [7, 11) is 0. The van der Waals surface area contributed by atoms with Crippen molar-refractivity contribution in [2.45, 2.75) is 39.0 Å². The van der Waals surface area contributed by atoms with Gasteiger partial charge in [0.2, 0.25) is 5.27 Å². The van der Waals surface area contributed by atoms with Gasteiger partial charge in [0.1, 0.15) is 21.6 Å². The van der Waals surface area contributed by atoms with Gasteiger partial charge < -0.3 is 11.5 Å². The van der Waals surface area contributed by atoms with Gasteiger partial charge in [0.15, 0.2) is 0 Å². The van der Waals surface area contributed by atoms with Crippen molar-refractivity contribution in [3.63, 3.8) is 0 Å². The first-order valence-corrected chi connectivity index (χ1v) is 10.6.